The van der Waals surface area contributed by atoms with Gasteiger partial charge in [0.25, 0.3) is 0 Å². The lowest BCUT2D eigenvalue weighted by molar-refractivity contribution is 0.0598. The molecule has 2 N–H and O–H groups in total. The Bertz CT molecular complexity index is 963. The van der Waals surface area contributed by atoms with Crippen molar-refractivity contribution in [2.24, 2.45) is 0 Å². The molecule has 0 aliphatic carbocycles. The number of carbonyl (C=O) groups is 1. The number of hydrogen-bond acceptors (Lipinski definition) is 5. The van der Waals surface area contributed by atoms with Gasteiger partial charge in [-0.3, -0.25) is 0 Å². The van der Waals surface area contributed by atoms with Crippen LogP contribution in [0.2, 0.25) is 0 Å². The smallest absolute Gasteiger partial charge is 0.420 e. The lowest BCUT2D eigenvalue weighted by Crippen LogP contribution is -2.34. The van der Waals surface area contributed by atoms with Crippen molar-refractivity contribution in [3.63, 3.8) is 0 Å². The van der Waals surface area contributed by atoms with Crippen molar-refractivity contribution in [3.05, 3.63) is 54.4 Å². The summed E-state index contributed by atoms with van der Waals surface area (Å²) in [7, 11) is 0. The van der Waals surface area contributed by atoms with Crippen molar-refractivity contribution in [2.45, 2.75) is 33.3 Å². The van der Waals surface area contributed by atoms with E-state index in [2.05, 4.69) is 9.97 Å². The molecule has 6 heteroatoms. The zero-order valence-corrected chi connectivity index (χ0v) is 15.4. The molecular weight excluding hydrogens is 328 g/mol. The van der Waals surface area contributed by atoms with Gasteiger partial charge in [0, 0.05) is 11.1 Å². The minimum absolute atomic E-state index is 0.433. The van der Waals surface area contributed by atoms with E-state index < -0.39 is 11.7 Å². The number of amides is 1. The second-order valence-electron chi connectivity index (χ2n) is 7.13. The molecule has 0 bridgehead atoms. The van der Waals surface area contributed by atoms with E-state index >= 15 is 0 Å². The molecule has 3 aromatic rings. The summed E-state index contributed by atoms with van der Waals surface area (Å²) in [5.74, 6) is 0.433. The standard InChI is InChI=1S/C20H22N4O2/c1-13-6-5-7-15(10-13)24(19(25)26-20(2,3)4)18-16-11-14(21)8-9-17(16)22-12-23-18/h5-12H,21H2,1-4H3. The summed E-state index contributed by atoms with van der Waals surface area (Å²) >= 11 is 0. The minimum atomic E-state index is -0.638. The molecule has 0 aliphatic rings. The van der Waals surface area contributed by atoms with Gasteiger partial charge in [-0.25, -0.2) is 19.7 Å². The molecular formula is C20H22N4O2. The normalized spacial score (nSPS) is 11.4. The lowest BCUT2D eigenvalue weighted by atomic mass is 10.1. The van der Waals surface area contributed by atoms with E-state index in [9.17, 15) is 4.79 Å². The first-order chi connectivity index (χ1) is 12.2. The third-order valence-electron chi connectivity index (χ3n) is 3.69. The number of fused-ring (bicyclic) bond motifs is 1. The molecule has 26 heavy (non-hydrogen) atoms. The molecule has 2 aromatic carbocycles. The zero-order chi connectivity index (χ0) is 18.9. The van der Waals surface area contributed by atoms with Gasteiger partial charge in [-0.15, -0.1) is 0 Å². The second-order valence-corrected chi connectivity index (χ2v) is 7.13. The van der Waals surface area contributed by atoms with Crippen LogP contribution in [0, 0.1) is 6.92 Å². The molecule has 0 spiro atoms. The van der Waals surface area contributed by atoms with Crippen LogP contribution in [-0.2, 0) is 4.74 Å². The monoisotopic (exact) mass is 350 g/mol. The number of anilines is 3. The summed E-state index contributed by atoms with van der Waals surface area (Å²) in [5, 5.41) is 0.680. The van der Waals surface area contributed by atoms with E-state index in [1.54, 1.807) is 18.2 Å². The fourth-order valence-electron chi connectivity index (χ4n) is 2.63. The van der Waals surface area contributed by atoms with E-state index in [0.717, 1.165) is 5.56 Å². The number of nitrogen functional groups attached to an aromatic ring is 1. The van der Waals surface area contributed by atoms with Crippen LogP contribution in [0.1, 0.15) is 26.3 Å². The number of carbonyl (C=O) groups excluding carboxylic acids is 1. The maximum absolute atomic E-state index is 13.0. The highest BCUT2D eigenvalue weighted by molar-refractivity contribution is 6.04. The van der Waals surface area contributed by atoms with Crippen LogP contribution in [0.15, 0.2) is 48.8 Å². The van der Waals surface area contributed by atoms with Gasteiger partial charge in [-0.05, 0) is 63.6 Å². The summed E-state index contributed by atoms with van der Waals surface area (Å²) in [6.45, 7) is 7.45. The molecule has 0 saturated heterocycles. The van der Waals surface area contributed by atoms with E-state index in [1.165, 1.54) is 11.2 Å². The van der Waals surface area contributed by atoms with Gasteiger partial charge in [-0.1, -0.05) is 12.1 Å². The molecule has 0 fully saturated rings. The summed E-state index contributed by atoms with van der Waals surface area (Å²) in [6, 6.07) is 12.9. The number of nitrogens with two attached hydrogens (primary N) is 1. The van der Waals surface area contributed by atoms with E-state index in [-0.39, 0.29) is 0 Å². The van der Waals surface area contributed by atoms with Gasteiger partial charge < -0.3 is 10.5 Å². The Kier molecular flexibility index (Phi) is 4.50. The highest BCUT2D eigenvalue weighted by Crippen LogP contribution is 2.32. The molecule has 134 valence electrons. The van der Waals surface area contributed by atoms with Gasteiger partial charge in [0.15, 0.2) is 5.82 Å². The van der Waals surface area contributed by atoms with Crippen LogP contribution >= 0.6 is 0 Å². The highest BCUT2D eigenvalue weighted by Gasteiger charge is 2.27. The van der Waals surface area contributed by atoms with Crippen molar-refractivity contribution in [1.82, 2.24) is 9.97 Å². The fraction of sp³-hybridized carbons (Fsp3) is 0.250. The predicted molar refractivity (Wildman–Crippen MR) is 104 cm³/mol. The first kappa shape index (κ1) is 17.7. The fourth-order valence-corrected chi connectivity index (χ4v) is 2.63. The number of hydrogen-bond donors (Lipinski definition) is 1. The average molecular weight is 350 g/mol. The van der Waals surface area contributed by atoms with Crippen molar-refractivity contribution in [3.8, 4) is 0 Å². The number of ether oxygens (including phenoxy) is 1. The highest BCUT2D eigenvalue weighted by atomic mass is 16.6. The zero-order valence-electron chi connectivity index (χ0n) is 15.4. The van der Waals surface area contributed by atoms with E-state index in [0.29, 0.717) is 28.1 Å². The van der Waals surface area contributed by atoms with Gasteiger partial charge in [0.2, 0.25) is 0 Å². The Morgan fingerprint density at radius 1 is 1.12 bits per heavy atom. The van der Waals surface area contributed by atoms with Crippen LogP contribution in [0.4, 0.5) is 22.0 Å². The van der Waals surface area contributed by atoms with Crippen molar-refractivity contribution >= 4 is 34.2 Å². The second kappa shape index (κ2) is 6.63. The van der Waals surface area contributed by atoms with Crippen LogP contribution in [0.3, 0.4) is 0 Å². The van der Waals surface area contributed by atoms with Gasteiger partial charge in [0.1, 0.15) is 11.9 Å². The topological polar surface area (TPSA) is 81.3 Å². The van der Waals surface area contributed by atoms with Crippen molar-refractivity contribution in [2.75, 3.05) is 10.6 Å². The summed E-state index contributed by atoms with van der Waals surface area (Å²) < 4.78 is 5.62. The molecule has 6 nitrogen and oxygen atoms in total. The molecule has 1 amide bonds. The molecule has 0 radical (unpaired) electrons. The number of nitrogens with zero attached hydrogens (tertiary/aromatic N) is 3. The van der Waals surface area contributed by atoms with E-state index in [4.69, 9.17) is 10.5 Å². The number of aromatic nitrogens is 2. The molecule has 3 rings (SSSR count). The summed E-state index contributed by atoms with van der Waals surface area (Å²) in [4.78, 5) is 23.1. The SMILES string of the molecule is Cc1cccc(N(C(=O)OC(C)(C)C)c2ncnc3ccc(N)cc23)c1. The molecule has 0 aliphatic heterocycles. The molecule has 0 unspecified atom stereocenters. The first-order valence-electron chi connectivity index (χ1n) is 8.34. The van der Waals surface area contributed by atoms with Gasteiger partial charge in [-0.2, -0.15) is 0 Å². The molecule has 0 atom stereocenters. The molecule has 0 saturated carbocycles. The van der Waals surface area contributed by atoms with Crippen molar-refractivity contribution < 1.29 is 9.53 Å². The summed E-state index contributed by atoms with van der Waals surface area (Å²) in [6.07, 6.45) is 0.923. The van der Waals surface area contributed by atoms with Crippen molar-refractivity contribution in [1.29, 1.82) is 0 Å². The largest absolute Gasteiger partial charge is 0.443 e. The lowest BCUT2D eigenvalue weighted by Gasteiger charge is -2.27. The average Bonchev–Trinajstić information content (AvgIpc) is 2.54. The van der Waals surface area contributed by atoms with Gasteiger partial charge >= 0.3 is 6.09 Å². The Morgan fingerprint density at radius 3 is 2.58 bits per heavy atom. The number of benzene rings is 2. The van der Waals surface area contributed by atoms with Gasteiger partial charge in [0.05, 0.1) is 11.2 Å². The van der Waals surface area contributed by atoms with E-state index in [1.807, 2.05) is 52.0 Å². The predicted octanol–water partition coefficient (Wildman–Crippen LogP) is 4.59. The maximum Gasteiger partial charge on any atom is 0.420 e. The van der Waals surface area contributed by atoms with Crippen LogP contribution in [-0.4, -0.2) is 21.7 Å². The third kappa shape index (κ3) is 3.74. The molecule has 1 aromatic heterocycles. The molecule has 1 heterocycles. The summed E-state index contributed by atoms with van der Waals surface area (Å²) in [5.41, 5.74) is 8.27. The van der Waals surface area contributed by atoms with Crippen LogP contribution < -0.4 is 10.6 Å². The Hall–Kier alpha value is -3.15. The Balaban J connectivity index is 2.21. The maximum atomic E-state index is 13.0. The Morgan fingerprint density at radius 2 is 1.88 bits per heavy atom. The number of rotatable bonds is 2. The first-order valence-corrected chi connectivity index (χ1v) is 8.34. The third-order valence-corrected chi connectivity index (χ3v) is 3.69. The minimum Gasteiger partial charge on any atom is -0.443 e. The van der Waals surface area contributed by atoms with Crippen LogP contribution in [0.5, 0.6) is 0 Å². The van der Waals surface area contributed by atoms with Crippen LogP contribution in [0.25, 0.3) is 10.9 Å². The number of aryl methyl sites for hydroxylation is 1. The Labute approximate surface area is 152 Å². The quantitative estimate of drug-likeness (QED) is 0.683.